The number of hydrogen-bond donors (Lipinski definition) is 0. The van der Waals surface area contributed by atoms with Crippen LogP contribution in [-0.2, 0) is 5.75 Å². The van der Waals surface area contributed by atoms with Crippen LogP contribution < -0.4 is 0 Å². The van der Waals surface area contributed by atoms with Crippen molar-refractivity contribution in [3.63, 3.8) is 0 Å². The summed E-state index contributed by atoms with van der Waals surface area (Å²) in [6.45, 7) is 0. The highest BCUT2D eigenvalue weighted by atomic mass is 32.2. The molecule has 114 valence electrons. The summed E-state index contributed by atoms with van der Waals surface area (Å²) in [6, 6.07) is 16.7. The standard InChI is InChI=1S/C16H11FN4S2/c17-13-9-5-4-8-12(13)15-20-21-14(18-19-16(21)23-15)10-22-11-6-2-1-3-7-11/h1-9H,10H2. The van der Waals surface area contributed by atoms with Crippen molar-refractivity contribution in [1.29, 1.82) is 0 Å². The zero-order valence-electron chi connectivity index (χ0n) is 11.9. The van der Waals surface area contributed by atoms with Gasteiger partial charge in [0.25, 0.3) is 0 Å². The Morgan fingerprint density at radius 3 is 2.61 bits per heavy atom. The molecular weight excluding hydrogens is 331 g/mol. The molecular formula is C16H11FN4S2. The molecule has 0 aliphatic heterocycles. The number of hydrogen-bond acceptors (Lipinski definition) is 5. The largest absolute Gasteiger partial charge is 0.235 e. The maximum Gasteiger partial charge on any atom is 0.235 e. The average molecular weight is 342 g/mol. The molecule has 0 amide bonds. The number of rotatable bonds is 4. The van der Waals surface area contributed by atoms with Gasteiger partial charge < -0.3 is 0 Å². The molecule has 0 saturated heterocycles. The topological polar surface area (TPSA) is 43.1 Å². The van der Waals surface area contributed by atoms with Gasteiger partial charge in [-0.25, -0.2) is 4.39 Å². The van der Waals surface area contributed by atoms with Gasteiger partial charge in [-0.15, -0.1) is 22.0 Å². The molecule has 0 atom stereocenters. The number of thioether (sulfide) groups is 1. The Balaban J connectivity index is 1.63. The molecule has 0 bridgehead atoms. The lowest BCUT2D eigenvalue weighted by Crippen LogP contribution is -1.94. The summed E-state index contributed by atoms with van der Waals surface area (Å²) in [5.74, 6) is 1.14. The van der Waals surface area contributed by atoms with Crippen LogP contribution >= 0.6 is 23.1 Å². The molecule has 4 rings (SSSR count). The van der Waals surface area contributed by atoms with Crippen molar-refractivity contribution in [3.05, 3.63) is 66.2 Å². The Morgan fingerprint density at radius 1 is 1.00 bits per heavy atom. The lowest BCUT2D eigenvalue weighted by Gasteiger charge is -1.99. The molecule has 7 heteroatoms. The first-order valence-electron chi connectivity index (χ1n) is 6.95. The lowest BCUT2D eigenvalue weighted by atomic mass is 10.2. The van der Waals surface area contributed by atoms with Gasteiger partial charge in [0.2, 0.25) is 4.96 Å². The molecule has 0 aliphatic rings. The quantitative estimate of drug-likeness (QED) is 0.519. The van der Waals surface area contributed by atoms with Crippen LogP contribution in [0, 0.1) is 5.82 Å². The third kappa shape index (κ3) is 2.85. The summed E-state index contributed by atoms with van der Waals surface area (Å²) in [6.07, 6.45) is 0. The van der Waals surface area contributed by atoms with Crippen LogP contribution in [0.4, 0.5) is 4.39 Å². The van der Waals surface area contributed by atoms with Gasteiger partial charge in [-0.2, -0.15) is 9.61 Å². The molecule has 2 aromatic heterocycles. The van der Waals surface area contributed by atoms with Crippen molar-refractivity contribution >= 4 is 28.1 Å². The van der Waals surface area contributed by atoms with E-state index in [4.69, 9.17) is 0 Å². The van der Waals surface area contributed by atoms with Gasteiger partial charge in [0.05, 0.1) is 5.75 Å². The molecule has 0 spiro atoms. The summed E-state index contributed by atoms with van der Waals surface area (Å²) in [5.41, 5.74) is 0.490. The number of nitrogens with zero attached hydrogens (tertiary/aromatic N) is 4. The van der Waals surface area contributed by atoms with Crippen LogP contribution in [0.5, 0.6) is 0 Å². The monoisotopic (exact) mass is 342 g/mol. The van der Waals surface area contributed by atoms with Crippen molar-refractivity contribution in [3.8, 4) is 10.6 Å². The third-order valence-electron chi connectivity index (χ3n) is 3.27. The van der Waals surface area contributed by atoms with Crippen LogP contribution in [0.3, 0.4) is 0 Å². The maximum atomic E-state index is 13.9. The Labute approximate surface area is 140 Å². The molecule has 0 radical (unpaired) electrons. The normalized spacial score (nSPS) is 11.2. The molecule has 0 N–H and O–H groups in total. The Kier molecular flexibility index (Phi) is 3.80. The highest BCUT2D eigenvalue weighted by Crippen LogP contribution is 2.29. The number of aromatic nitrogens is 4. The van der Waals surface area contributed by atoms with Gasteiger partial charge in [0.1, 0.15) is 5.82 Å². The predicted octanol–water partition coefficient (Wildman–Crippen LogP) is 4.28. The van der Waals surface area contributed by atoms with E-state index in [1.165, 1.54) is 17.4 Å². The zero-order valence-corrected chi connectivity index (χ0v) is 13.5. The fourth-order valence-electron chi connectivity index (χ4n) is 2.16. The molecule has 4 nitrogen and oxygen atoms in total. The zero-order chi connectivity index (χ0) is 15.6. The SMILES string of the molecule is Fc1ccccc1-c1nn2c(CSc3ccccc3)nnc2s1. The van der Waals surface area contributed by atoms with Gasteiger partial charge in [-0.05, 0) is 24.3 Å². The van der Waals surface area contributed by atoms with E-state index in [1.54, 1.807) is 34.5 Å². The van der Waals surface area contributed by atoms with Crippen molar-refractivity contribution < 1.29 is 4.39 Å². The first kappa shape index (κ1) is 14.3. The minimum atomic E-state index is -0.280. The van der Waals surface area contributed by atoms with E-state index >= 15 is 0 Å². The van der Waals surface area contributed by atoms with E-state index in [9.17, 15) is 4.39 Å². The fourth-order valence-corrected chi connectivity index (χ4v) is 3.87. The second-order valence-electron chi connectivity index (χ2n) is 4.80. The Bertz CT molecular complexity index is 949. The second kappa shape index (κ2) is 6.10. The fraction of sp³-hybridized carbons (Fsp3) is 0.0625. The highest BCUT2D eigenvalue weighted by molar-refractivity contribution is 7.98. The van der Waals surface area contributed by atoms with E-state index < -0.39 is 0 Å². The third-order valence-corrected chi connectivity index (χ3v) is 5.21. The van der Waals surface area contributed by atoms with Crippen molar-refractivity contribution in [2.45, 2.75) is 10.6 Å². The van der Waals surface area contributed by atoms with E-state index in [0.717, 1.165) is 10.7 Å². The van der Waals surface area contributed by atoms with E-state index in [2.05, 4.69) is 27.4 Å². The van der Waals surface area contributed by atoms with Crippen LogP contribution in [0.1, 0.15) is 5.82 Å². The highest BCUT2D eigenvalue weighted by Gasteiger charge is 2.15. The number of benzene rings is 2. The summed E-state index contributed by atoms with van der Waals surface area (Å²) in [5, 5.41) is 13.4. The smallest absolute Gasteiger partial charge is 0.206 e. The predicted molar refractivity (Wildman–Crippen MR) is 90.1 cm³/mol. The molecule has 0 saturated carbocycles. The van der Waals surface area contributed by atoms with E-state index in [-0.39, 0.29) is 5.82 Å². The molecule has 0 unspecified atom stereocenters. The second-order valence-corrected chi connectivity index (χ2v) is 6.80. The Morgan fingerprint density at radius 2 is 1.78 bits per heavy atom. The minimum Gasteiger partial charge on any atom is -0.206 e. The van der Waals surface area contributed by atoms with Crippen molar-refractivity contribution in [1.82, 2.24) is 19.8 Å². The molecule has 4 aromatic rings. The first-order chi connectivity index (χ1) is 11.3. The summed E-state index contributed by atoms with van der Waals surface area (Å²) < 4.78 is 15.6. The molecule has 0 fully saturated rings. The first-order valence-corrected chi connectivity index (χ1v) is 8.75. The van der Waals surface area contributed by atoms with Gasteiger partial charge in [-0.3, -0.25) is 0 Å². The summed E-state index contributed by atoms with van der Waals surface area (Å²) >= 11 is 3.00. The maximum absolute atomic E-state index is 13.9. The summed E-state index contributed by atoms with van der Waals surface area (Å²) in [7, 11) is 0. The summed E-state index contributed by atoms with van der Waals surface area (Å²) in [4.78, 5) is 1.83. The molecule has 23 heavy (non-hydrogen) atoms. The van der Waals surface area contributed by atoms with Crippen LogP contribution in [-0.4, -0.2) is 19.8 Å². The van der Waals surface area contributed by atoms with Crippen LogP contribution in [0.25, 0.3) is 15.5 Å². The Hall–Kier alpha value is -2.25. The molecule has 0 aliphatic carbocycles. The minimum absolute atomic E-state index is 0.280. The van der Waals surface area contributed by atoms with E-state index in [1.807, 2.05) is 18.2 Å². The van der Waals surface area contributed by atoms with Crippen LogP contribution in [0.2, 0.25) is 0 Å². The van der Waals surface area contributed by atoms with Crippen LogP contribution in [0.15, 0.2) is 59.5 Å². The van der Waals surface area contributed by atoms with Gasteiger partial charge in [0, 0.05) is 10.5 Å². The van der Waals surface area contributed by atoms with E-state index in [0.29, 0.717) is 21.3 Å². The lowest BCUT2D eigenvalue weighted by molar-refractivity contribution is 0.630. The van der Waals surface area contributed by atoms with Gasteiger partial charge >= 0.3 is 0 Å². The van der Waals surface area contributed by atoms with Gasteiger partial charge in [0.15, 0.2) is 10.8 Å². The van der Waals surface area contributed by atoms with Crippen molar-refractivity contribution in [2.75, 3.05) is 0 Å². The number of halogens is 1. The van der Waals surface area contributed by atoms with Gasteiger partial charge in [-0.1, -0.05) is 41.7 Å². The van der Waals surface area contributed by atoms with Crippen molar-refractivity contribution in [2.24, 2.45) is 0 Å². The number of fused-ring (bicyclic) bond motifs is 1. The molecule has 2 heterocycles. The average Bonchev–Trinajstić information content (AvgIpc) is 3.15. The molecule has 2 aromatic carbocycles.